The Bertz CT molecular complexity index is 1260. The SMILES string of the molecule is CC=C1CC(O)(C(F)(F)F)C(Nc2cc(F)cc3nc(C)ncc23)c2ccc(Cl)c(O)c21. The van der Waals surface area contributed by atoms with Crippen molar-refractivity contribution in [2.24, 2.45) is 0 Å². The number of phenolic OH excluding ortho intramolecular Hbond substituents is 1. The van der Waals surface area contributed by atoms with Gasteiger partial charge in [0.15, 0.2) is 5.60 Å². The number of aliphatic hydroxyl groups is 1. The van der Waals surface area contributed by atoms with Crippen LogP contribution >= 0.6 is 11.6 Å². The van der Waals surface area contributed by atoms with E-state index in [1.165, 1.54) is 31.3 Å². The molecule has 2 unspecified atom stereocenters. The minimum absolute atomic E-state index is 0.0306. The largest absolute Gasteiger partial charge is 0.506 e. The van der Waals surface area contributed by atoms with E-state index in [1.54, 1.807) is 6.92 Å². The predicted octanol–water partition coefficient (Wildman–Crippen LogP) is 5.69. The van der Waals surface area contributed by atoms with Crippen LogP contribution in [0.15, 0.2) is 36.5 Å². The summed E-state index contributed by atoms with van der Waals surface area (Å²) in [5.41, 5.74) is -2.94. The number of halogens is 5. The highest BCUT2D eigenvalue weighted by Crippen LogP contribution is 2.55. The van der Waals surface area contributed by atoms with E-state index in [4.69, 9.17) is 11.6 Å². The molecule has 0 radical (unpaired) electrons. The first-order chi connectivity index (χ1) is 15.0. The van der Waals surface area contributed by atoms with E-state index in [9.17, 15) is 27.8 Å². The Balaban J connectivity index is 1.97. The van der Waals surface area contributed by atoms with Crippen LogP contribution < -0.4 is 5.32 Å². The Morgan fingerprint density at radius 3 is 2.66 bits per heavy atom. The van der Waals surface area contributed by atoms with Gasteiger partial charge in [0.2, 0.25) is 0 Å². The fraction of sp³-hybridized carbons (Fsp3) is 0.273. The number of allylic oxidation sites excluding steroid dienone is 1. The maximum absolute atomic E-state index is 14.3. The number of hydrogen-bond acceptors (Lipinski definition) is 5. The van der Waals surface area contributed by atoms with Crippen LogP contribution in [0.2, 0.25) is 5.02 Å². The van der Waals surface area contributed by atoms with Crippen molar-refractivity contribution >= 4 is 33.8 Å². The molecule has 10 heteroatoms. The number of aryl methyl sites for hydroxylation is 1. The average molecular weight is 468 g/mol. The molecule has 4 rings (SSSR count). The summed E-state index contributed by atoms with van der Waals surface area (Å²) in [7, 11) is 0. The fourth-order valence-electron chi connectivity index (χ4n) is 4.07. The summed E-state index contributed by atoms with van der Waals surface area (Å²) in [6.07, 6.45) is -3.14. The van der Waals surface area contributed by atoms with Crippen molar-refractivity contribution < 1.29 is 27.8 Å². The van der Waals surface area contributed by atoms with Crippen molar-refractivity contribution in [3.05, 3.63) is 64.3 Å². The molecule has 0 saturated heterocycles. The van der Waals surface area contributed by atoms with Crippen LogP contribution in [0.1, 0.15) is 36.3 Å². The van der Waals surface area contributed by atoms with Gasteiger partial charge in [-0.3, -0.25) is 0 Å². The number of phenols is 1. The maximum atomic E-state index is 14.3. The van der Waals surface area contributed by atoms with Crippen LogP contribution in [-0.4, -0.2) is 32.0 Å². The second kappa shape index (κ2) is 7.60. The van der Waals surface area contributed by atoms with Crippen LogP contribution in [0, 0.1) is 12.7 Å². The molecule has 2 atom stereocenters. The highest BCUT2D eigenvalue weighted by atomic mass is 35.5. The summed E-state index contributed by atoms with van der Waals surface area (Å²) >= 11 is 6.00. The van der Waals surface area contributed by atoms with Crippen LogP contribution in [0.4, 0.5) is 23.2 Å². The number of nitrogens with zero attached hydrogens (tertiary/aromatic N) is 2. The summed E-state index contributed by atoms with van der Waals surface area (Å²) in [6, 6.07) is 2.92. The minimum Gasteiger partial charge on any atom is -0.506 e. The van der Waals surface area contributed by atoms with E-state index >= 15 is 0 Å². The van der Waals surface area contributed by atoms with E-state index < -0.39 is 35.8 Å². The first-order valence-corrected chi connectivity index (χ1v) is 9.99. The number of anilines is 1. The predicted molar refractivity (Wildman–Crippen MR) is 113 cm³/mol. The summed E-state index contributed by atoms with van der Waals surface area (Å²) in [5.74, 6) is -0.754. The zero-order valence-electron chi connectivity index (χ0n) is 16.9. The van der Waals surface area contributed by atoms with Gasteiger partial charge in [-0.1, -0.05) is 23.7 Å². The van der Waals surface area contributed by atoms with Gasteiger partial charge in [0, 0.05) is 35.3 Å². The van der Waals surface area contributed by atoms with E-state index in [-0.39, 0.29) is 38.3 Å². The quantitative estimate of drug-likeness (QED) is 0.422. The van der Waals surface area contributed by atoms with Gasteiger partial charge < -0.3 is 15.5 Å². The summed E-state index contributed by atoms with van der Waals surface area (Å²) < 4.78 is 56.9. The van der Waals surface area contributed by atoms with Crippen molar-refractivity contribution in [2.45, 2.75) is 38.1 Å². The maximum Gasteiger partial charge on any atom is 0.419 e. The number of nitrogens with one attached hydrogen (secondary N) is 1. The van der Waals surface area contributed by atoms with Gasteiger partial charge in [0.25, 0.3) is 0 Å². The molecule has 1 heterocycles. The molecule has 0 spiro atoms. The smallest absolute Gasteiger partial charge is 0.419 e. The molecule has 1 aromatic heterocycles. The van der Waals surface area contributed by atoms with Crippen LogP contribution in [-0.2, 0) is 0 Å². The Kier molecular flexibility index (Phi) is 5.29. The summed E-state index contributed by atoms with van der Waals surface area (Å²) in [5, 5.41) is 24.4. The van der Waals surface area contributed by atoms with Gasteiger partial charge in [-0.2, -0.15) is 13.2 Å². The second-order valence-electron chi connectivity index (χ2n) is 7.65. The van der Waals surface area contributed by atoms with E-state index in [2.05, 4.69) is 15.3 Å². The molecule has 0 fully saturated rings. The zero-order valence-corrected chi connectivity index (χ0v) is 17.7. The topological polar surface area (TPSA) is 78.3 Å². The highest BCUT2D eigenvalue weighted by Gasteiger charge is 2.61. The highest BCUT2D eigenvalue weighted by molar-refractivity contribution is 6.32. The number of rotatable bonds is 2. The lowest BCUT2D eigenvalue weighted by molar-refractivity contribution is -0.265. The monoisotopic (exact) mass is 467 g/mol. The molecule has 0 amide bonds. The first kappa shape index (κ1) is 22.3. The summed E-state index contributed by atoms with van der Waals surface area (Å²) in [4.78, 5) is 8.17. The molecule has 0 aliphatic heterocycles. The van der Waals surface area contributed by atoms with Gasteiger partial charge in [0.1, 0.15) is 17.4 Å². The molecule has 168 valence electrons. The van der Waals surface area contributed by atoms with E-state index in [1.807, 2.05) is 0 Å². The molecule has 3 aromatic rings. The number of aromatic nitrogens is 2. The number of hydrogen-bond donors (Lipinski definition) is 3. The standard InChI is InChI=1S/C22H18ClF4N3O2/c1-3-11-8-21(32,22(25,26)27)20(13-4-5-15(23)19(31)18(11)13)30-17-7-12(24)6-16-14(17)9-28-10(2)29-16/h3-7,9,20,30-32H,8H2,1-2H3. The number of aromatic hydroxyl groups is 1. The van der Waals surface area contributed by atoms with Crippen LogP contribution in [0.25, 0.3) is 16.5 Å². The van der Waals surface area contributed by atoms with Gasteiger partial charge in [0.05, 0.1) is 16.6 Å². The van der Waals surface area contributed by atoms with Gasteiger partial charge in [-0.05, 0) is 37.1 Å². The molecule has 2 aromatic carbocycles. The Hall–Kier alpha value is -2.91. The van der Waals surface area contributed by atoms with Gasteiger partial charge >= 0.3 is 6.18 Å². The number of benzene rings is 2. The molecule has 3 N–H and O–H groups in total. The molecular weight excluding hydrogens is 450 g/mol. The molecule has 5 nitrogen and oxygen atoms in total. The van der Waals surface area contributed by atoms with Crippen molar-refractivity contribution in [1.82, 2.24) is 9.97 Å². The Morgan fingerprint density at radius 2 is 2.00 bits per heavy atom. The third-order valence-electron chi connectivity index (χ3n) is 5.66. The normalized spacial score (nSPS) is 22.2. The lowest BCUT2D eigenvalue weighted by Gasteiger charge is -2.44. The molecule has 0 saturated carbocycles. The Labute approximate surface area is 185 Å². The Morgan fingerprint density at radius 1 is 1.28 bits per heavy atom. The second-order valence-corrected chi connectivity index (χ2v) is 8.06. The van der Waals surface area contributed by atoms with Gasteiger partial charge in [-0.15, -0.1) is 0 Å². The van der Waals surface area contributed by atoms with Crippen molar-refractivity contribution in [3.8, 4) is 5.75 Å². The van der Waals surface area contributed by atoms with Crippen molar-refractivity contribution in [3.63, 3.8) is 0 Å². The lowest BCUT2D eigenvalue weighted by atomic mass is 9.72. The molecule has 32 heavy (non-hydrogen) atoms. The van der Waals surface area contributed by atoms with Gasteiger partial charge in [-0.25, -0.2) is 14.4 Å². The van der Waals surface area contributed by atoms with Crippen molar-refractivity contribution in [1.29, 1.82) is 0 Å². The summed E-state index contributed by atoms with van der Waals surface area (Å²) in [6.45, 7) is 3.10. The lowest BCUT2D eigenvalue weighted by Crippen LogP contribution is -2.54. The fourth-order valence-corrected chi connectivity index (χ4v) is 4.23. The van der Waals surface area contributed by atoms with Crippen molar-refractivity contribution in [2.75, 3.05) is 5.32 Å². The number of fused-ring (bicyclic) bond motifs is 2. The zero-order chi connectivity index (χ0) is 23.4. The minimum atomic E-state index is -5.05. The third-order valence-corrected chi connectivity index (χ3v) is 5.96. The molecular formula is C22H18ClF4N3O2. The first-order valence-electron chi connectivity index (χ1n) is 9.61. The third kappa shape index (κ3) is 3.45. The molecule has 1 aliphatic rings. The van der Waals surface area contributed by atoms with Crippen LogP contribution in [0.3, 0.4) is 0 Å². The molecule has 1 aliphatic carbocycles. The number of alkyl halides is 3. The van der Waals surface area contributed by atoms with E-state index in [0.29, 0.717) is 5.82 Å². The average Bonchev–Trinajstić information content (AvgIpc) is 2.70. The van der Waals surface area contributed by atoms with E-state index in [0.717, 1.165) is 12.1 Å². The molecule has 0 bridgehead atoms. The van der Waals surface area contributed by atoms with Crippen LogP contribution in [0.5, 0.6) is 5.75 Å².